The number of halogens is 4. The fourth-order valence-corrected chi connectivity index (χ4v) is 5.44. The van der Waals surface area contributed by atoms with E-state index < -0.39 is 34.7 Å². The van der Waals surface area contributed by atoms with E-state index in [4.69, 9.17) is 9.47 Å². The molecule has 1 aromatic heterocycles. The number of benzene rings is 1. The summed E-state index contributed by atoms with van der Waals surface area (Å²) < 4.78 is 70.0. The Morgan fingerprint density at radius 2 is 1.95 bits per heavy atom. The first-order valence-corrected chi connectivity index (χ1v) is 12.8. The lowest BCUT2D eigenvalue weighted by Crippen LogP contribution is -2.60. The number of nitrogens with zero attached hydrogens (tertiary/aromatic N) is 2. The van der Waals surface area contributed by atoms with Crippen molar-refractivity contribution in [1.82, 2.24) is 9.47 Å². The van der Waals surface area contributed by atoms with Gasteiger partial charge in [-0.3, -0.25) is 9.69 Å². The van der Waals surface area contributed by atoms with Crippen LogP contribution < -0.4 is 0 Å². The lowest BCUT2D eigenvalue weighted by atomic mass is 9.77. The summed E-state index contributed by atoms with van der Waals surface area (Å²) in [5.41, 5.74) is -2.18. The number of alkyl halides is 4. The number of carbonyl (C=O) groups is 1. The molecule has 1 fully saturated rings. The third-order valence-corrected chi connectivity index (χ3v) is 7.71. The highest BCUT2D eigenvalue weighted by Crippen LogP contribution is 2.42. The maximum Gasteiger partial charge on any atom is 0.418 e. The summed E-state index contributed by atoms with van der Waals surface area (Å²) in [7, 11) is 0. The Hall–Kier alpha value is -3.53. The Morgan fingerprint density at radius 3 is 2.59 bits per heavy atom. The number of hydrogen-bond donors (Lipinski definition) is 1. The summed E-state index contributed by atoms with van der Waals surface area (Å²) in [6.07, 6.45) is 3.79. The number of ether oxygens (including phenoxy) is 2. The number of allylic oxidation sites excluding steroid dienone is 3. The van der Waals surface area contributed by atoms with Gasteiger partial charge in [-0.1, -0.05) is 19.1 Å². The SMILES string of the molecule is CCC1(C(=O)O)CN(CC2=CC3C(=CC(OCc4ccc(-n5cccc5)c(C(F)(F)F)c4)=CC3(C)F)OC2)C1. The van der Waals surface area contributed by atoms with Crippen LogP contribution in [0.3, 0.4) is 0 Å². The van der Waals surface area contributed by atoms with E-state index in [0.717, 1.165) is 11.6 Å². The summed E-state index contributed by atoms with van der Waals surface area (Å²) in [6, 6.07) is 7.28. The molecule has 2 aromatic rings. The van der Waals surface area contributed by atoms with Gasteiger partial charge in [0.25, 0.3) is 0 Å². The standard InChI is InChI=1S/C29H30F4N2O4/c1-3-28(26(36)37)17-34(18-28)14-20-11-23-25(39-16-20)12-21(13-27(23,2)30)38-15-19-6-7-24(35-8-4-5-9-35)22(10-19)29(31,32)33/h4-13,23H,3,14-18H2,1-2H3,(H,36,37). The van der Waals surface area contributed by atoms with Gasteiger partial charge in [-0.05, 0) is 54.8 Å². The summed E-state index contributed by atoms with van der Waals surface area (Å²) in [6.45, 7) is 4.72. The van der Waals surface area contributed by atoms with Crippen molar-refractivity contribution < 1.29 is 36.9 Å². The molecule has 6 nitrogen and oxygen atoms in total. The van der Waals surface area contributed by atoms with E-state index in [1.807, 2.05) is 17.9 Å². The van der Waals surface area contributed by atoms with Crippen molar-refractivity contribution in [2.45, 2.75) is 38.7 Å². The maximum absolute atomic E-state index is 15.7. The average molecular weight is 547 g/mol. The lowest BCUT2D eigenvalue weighted by Gasteiger charge is -2.47. The zero-order valence-electron chi connectivity index (χ0n) is 21.7. The number of likely N-dealkylation sites (tertiary alicyclic amines) is 1. The van der Waals surface area contributed by atoms with E-state index in [0.29, 0.717) is 37.4 Å². The first kappa shape index (κ1) is 27.1. The summed E-state index contributed by atoms with van der Waals surface area (Å²) in [5.74, 6) is -0.906. The van der Waals surface area contributed by atoms with Crippen molar-refractivity contribution in [1.29, 1.82) is 0 Å². The van der Waals surface area contributed by atoms with Crippen molar-refractivity contribution in [3.05, 3.63) is 89.2 Å². The van der Waals surface area contributed by atoms with E-state index in [1.54, 1.807) is 36.7 Å². The van der Waals surface area contributed by atoms with Crippen LogP contribution >= 0.6 is 0 Å². The smallest absolute Gasteiger partial charge is 0.418 e. The van der Waals surface area contributed by atoms with Crippen LogP contribution in [0.15, 0.2) is 78.0 Å². The minimum Gasteiger partial charge on any atom is -0.493 e. The number of carboxylic acid groups (broad SMARTS) is 1. The van der Waals surface area contributed by atoms with Crippen molar-refractivity contribution in [3.8, 4) is 5.69 Å². The molecule has 0 bridgehead atoms. The normalized spacial score (nSPS) is 24.5. The van der Waals surface area contributed by atoms with Crippen molar-refractivity contribution in [2.75, 3.05) is 26.2 Å². The zero-order valence-corrected chi connectivity index (χ0v) is 21.7. The number of aliphatic carboxylic acids is 1. The van der Waals surface area contributed by atoms with Crippen molar-refractivity contribution in [2.24, 2.45) is 11.3 Å². The number of fused-ring (bicyclic) bond motifs is 1. The maximum atomic E-state index is 15.7. The van der Waals surface area contributed by atoms with Gasteiger partial charge in [0.15, 0.2) is 0 Å². The second kappa shape index (κ2) is 9.89. The van der Waals surface area contributed by atoms with Gasteiger partial charge in [0.05, 0.1) is 22.6 Å². The molecule has 1 saturated heterocycles. The molecule has 3 aliphatic rings. The van der Waals surface area contributed by atoms with Crippen LogP contribution in [0.4, 0.5) is 17.6 Å². The second-order valence-electron chi connectivity index (χ2n) is 10.6. The molecule has 0 spiro atoms. The molecule has 10 heteroatoms. The Kier molecular flexibility index (Phi) is 6.86. The molecule has 208 valence electrons. The number of carboxylic acids is 1. The first-order chi connectivity index (χ1) is 18.4. The molecule has 5 rings (SSSR count). The monoisotopic (exact) mass is 546 g/mol. The van der Waals surface area contributed by atoms with Gasteiger partial charge in [0, 0.05) is 38.1 Å². The van der Waals surface area contributed by atoms with E-state index in [1.165, 1.54) is 23.6 Å². The fourth-order valence-electron chi connectivity index (χ4n) is 5.44. The highest BCUT2D eigenvalue weighted by molar-refractivity contribution is 5.76. The largest absolute Gasteiger partial charge is 0.493 e. The number of aromatic nitrogens is 1. The van der Waals surface area contributed by atoms with Gasteiger partial charge in [0.1, 0.15) is 30.4 Å². The fraction of sp³-hybridized carbons (Fsp3) is 0.414. The number of hydrogen-bond acceptors (Lipinski definition) is 4. The highest BCUT2D eigenvalue weighted by atomic mass is 19.4. The van der Waals surface area contributed by atoms with Gasteiger partial charge < -0.3 is 19.1 Å². The average Bonchev–Trinajstić information content (AvgIpc) is 3.39. The Balaban J connectivity index is 1.26. The molecule has 2 aliphatic heterocycles. The summed E-state index contributed by atoms with van der Waals surface area (Å²) >= 11 is 0. The molecule has 2 atom stereocenters. The van der Waals surface area contributed by atoms with Crippen LogP contribution in [-0.2, 0) is 27.1 Å². The van der Waals surface area contributed by atoms with Crippen LogP contribution in [0.1, 0.15) is 31.4 Å². The quantitative estimate of drug-likeness (QED) is 0.331. The molecular weight excluding hydrogens is 516 g/mol. The van der Waals surface area contributed by atoms with Crippen molar-refractivity contribution in [3.63, 3.8) is 0 Å². The molecule has 0 amide bonds. The lowest BCUT2D eigenvalue weighted by molar-refractivity contribution is -0.160. The first-order valence-electron chi connectivity index (χ1n) is 12.8. The molecule has 0 radical (unpaired) electrons. The van der Waals surface area contributed by atoms with Crippen LogP contribution in [0, 0.1) is 11.3 Å². The van der Waals surface area contributed by atoms with E-state index in [-0.39, 0.29) is 24.7 Å². The Labute approximate surface area is 223 Å². The van der Waals surface area contributed by atoms with Gasteiger partial charge in [0.2, 0.25) is 0 Å². The topological polar surface area (TPSA) is 63.9 Å². The predicted molar refractivity (Wildman–Crippen MR) is 136 cm³/mol. The van der Waals surface area contributed by atoms with Crippen molar-refractivity contribution >= 4 is 5.97 Å². The van der Waals surface area contributed by atoms with E-state index in [2.05, 4.69) is 0 Å². The molecule has 2 unspecified atom stereocenters. The second-order valence-corrected chi connectivity index (χ2v) is 10.6. The molecule has 1 aromatic carbocycles. The Morgan fingerprint density at radius 1 is 1.23 bits per heavy atom. The minimum absolute atomic E-state index is 0.00851. The molecule has 1 aliphatic carbocycles. The van der Waals surface area contributed by atoms with Gasteiger partial charge >= 0.3 is 12.1 Å². The van der Waals surface area contributed by atoms with Crippen LogP contribution in [0.5, 0.6) is 0 Å². The van der Waals surface area contributed by atoms with Gasteiger partial charge in [-0.2, -0.15) is 13.2 Å². The zero-order chi connectivity index (χ0) is 28.0. The Bertz CT molecular complexity index is 1340. The summed E-state index contributed by atoms with van der Waals surface area (Å²) in [5, 5.41) is 9.48. The van der Waals surface area contributed by atoms with Crippen LogP contribution in [0.25, 0.3) is 5.69 Å². The molecular formula is C29H30F4N2O4. The third-order valence-electron chi connectivity index (χ3n) is 7.71. The number of rotatable bonds is 8. The molecule has 1 N–H and O–H groups in total. The molecule has 39 heavy (non-hydrogen) atoms. The predicted octanol–water partition coefficient (Wildman–Crippen LogP) is 5.89. The van der Waals surface area contributed by atoms with E-state index >= 15 is 4.39 Å². The van der Waals surface area contributed by atoms with E-state index in [9.17, 15) is 23.1 Å². The summed E-state index contributed by atoms with van der Waals surface area (Å²) in [4.78, 5) is 13.6. The minimum atomic E-state index is -4.56. The van der Waals surface area contributed by atoms with Gasteiger partial charge in [-0.15, -0.1) is 0 Å². The van der Waals surface area contributed by atoms with Crippen LogP contribution in [0.2, 0.25) is 0 Å². The van der Waals surface area contributed by atoms with Crippen LogP contribution in [-0.4, -0.2) is 52.5 Å². The molecule has 3 heterocycles. The third kappa shape index (κ3) is 5.34. The van der Waals surface area contributed by atoms with Gasteiger partial charge in [-0.25, -0.2) is 4.39 Å². The highest BCUT2D eigenvalue weighted by Gasteiger charge is 2.48. The molecule has 0 saturated carbocycles.